The van der Waals surface area contributed by atoms with Gasteiger partial charge in [-0.05, 0) is 29.1 Å². The molecule has 0 aliphatic rings. The Bertz CT molecular complexity index is 744. The first-order chi connectivity index (χ1) is 10.9. The summed E-state index contributed by atoms with van der Waals surface area (Å²) in [6.07, 6.45) is 1.16. The second-order valence-corrected chi connectivity index (χ2v) is 8.32. The van der Waals surface area contributed by atoms with Crippen molar-refractivity contribution >= 4 is 38.9 Å². The minimum Gasteiger partial charge on any atom is -0.350 e. The van der Waals surface area contributed by atoms with Crippen molar-refractivity contribution in [3.05, 3.63) is 57.2 Å². The van der Waals surface area contributed by atoms with E-state index in [-0.39, 0.29) is 25.5 Å². The van der Waals surface area contributed by atoms with Gasteiger partial charge in [0.05, 0.1) is 11.1 Å². The number of nitrogens with one attached hydrogen (secondary N) is 1. The van der Waals surface area contributed by atoms with Gasteiger partial charge in [0.1, 0.15) is 0 Å². The summed E-state index contributed by atoms with van der Waals surface area (Å²) in [6, 6.07) is 10.5. The molecule has 124 valence electrons. The molecular weight excluding hydrogens is 356 g/mol. The zero-order chi connectivity index (χ0) is 16.9. The zero-order valence-electron chi connectivity index (χ0n) is 12.5. The van der Waals surface area contributed by atoms with Crippen molar-refractivity contribution in [2.45, 2.75) is 6.54 Å². The summed E-state index contributed by atoms with van der Waals surface area (Å²) >= 11 is 7.17. The molecule has 0 bridgehead atoms. The van der Waals surface area contributed by atoms with Gasteiger partial charge in [-0.25, -0.2) is 8.42 Å². The SMILES string of the molecule is CS(=O)(=O)N(CCNC(=O)c1cccs1)Cc1ccc(Cl)cc1. The van der Waals surface area contributed by atoms with E-state index in [9.17, 15) is 13.2 Å². The average molecular weight is 373 g/mol. The summed E-state index contributed by atoms with van der Waals surface area (Å²) in [5.74, 6) is -0.194. The highest BCUT2D eigenvalue weighted by Gasteiger charge is 2.17. The Kier molecular flexibility index (Phi) is 6.17. The molecule has 1 heterocycles. The van der Waals surface area contributed by atoms with E-state index in [4.69, 9.17) is 11.6 Å². The van der Waals surface area contributed by atoms with E-state index in [1.165, 1.54) is 15.6 Å². The highest BCUT2D eigenvalue weighted by molar-refractivity contribution is 7.88. The molecule has 1 aromatic carbocycles. The fraction of sp³-hybridized carbons (Fsp3) is 0.267. The van der Waals surface area contributed by atoms with E-state index in [1.807, 2.05) is 5.38 Å². The van der Waals surface area contributed by atoms with E-state index in [0.717, 1.165) is 11.8 Å². The molecule has 0 saturated carbocycles. The molecular formula is C15H17ClN2O3S2. The fourth-order valence-electron chi connectivity index (χ4n) is 1.94. The van der Waals surface area contributed by atoms with Crippen molar-refractivity contribution < 1.29 is 13.2 Å². The van der Waals surface area contributed by atoms with Crippen molar-refractivity contribution in [2.75, 3.05) is 19.3 Å². The largest absolute Gasteiger partial charge is 0.350 e. The third-order valence-electron chi connectivity index (χ3n) is 3.13. The number of nitrogens with zero attached hydrogens (tertiary/aromatic N) is 1. The molecule has 2 aromatic rings. The van der Waals surface area contributed by atoms with Crippen LogP contribution >= 0.6 is 22.9 Å². The van der Waals surface area contributed by atoms with Crippen LogP contribution < -0.4 is 5.32 Å². The van der Waals surface area contributed by atoms with Crippen LogP contribution in [0.1, 0.15) is 15.2 Å². The number of thiophene rings is 1. The Morgan fingerprint density at radius 2 is 1.96 bits per heavy atom. The number of benzene rings is 1. The molecule has 0 fully saturated rings. The number of rotatable bonds is 7. The molecule has 1 aromatic heterocycles. The monoisotopic (exact) mass is 372 g/mol. The zero-order valence-corrected chi connectivity index (χ0v) is 14.9. The van der Waals surface area contributed by atoms with Crippen LogP contribution in [0.15, 0.2) is 41.8 Å². The van der Waals surface area contributed by atoms with Crippen LogP contribution in [0.2, 0.25) is 5.02 Å². The third-order valence-corrected chi connectivity index (χ3v) is 5.50. The third kappa shape index (κ3) is 5.62. The molecule has 23 heavy (non-hydrogen) atoms. The molecule has 0 aliphatic carbocycles. The second-order valence-electron chi connectivity index (χ2n) is 4.96. The van der Waals surface area contributed by atoms with Crippen LogP contribution in [0.3, 0.4) is 0 Å². The highest BCUT2D eigenvalue weighted by Crippen LogP contribution is 2.13. The molecule has 5 nitrogen and oxygen atoms in total. The molecule has 0 aliphatic heterocycles. The first-order valence-electron chi connectivity index (χ1n) is 6.87. The normalized spacial score (nSPS) is 11.6. The maximum absolute atomic E-state index is 11.9. The van der Waals surface area contributed by atoms with E-state index >= 15 is 0 Å². The maximum atomic E-state index is 11.9. The van der Waals surface area contributed by atoms with Crippen LogP contribution in [0, 0.1) is 0 Å². The van der Waals surface area contributed by atoms with Gasteiger partial charge in [-0.2, -0.15) is 4.31 Å². The standard InChI is InChI=1S/C15H17ClN2O3S2/c1-23(20,21)18(11-12-4-6-13(16)7-5-12)9-8-17-15(19)14-3-2-10-22-14/h2-7,10H,8-9,11H2,1H3,(H,17,19). The predicted octanol–water partition coefficient (Wildman–Crippen LogP) is 2.59. The van der Waals surface area contributed by atoms with Gasteiger partial charge < -0.3 is 5.32 Å². The van der Waals surface area contributed by atoms with Crippen LogP contribution in [0.25, 0.3) is 0 Å². The minimum absolute atomic E-state index is 0.194. The molecule has 1 amide bonds. The average Bonchev–Trinajstić information content (AvgIpc) is 3.01. The lowest BCUT2D eigenvalue weighted by Gasteiger charge is -2.20. The molecule has 0 atom stereocenters. The predicted molar refractivity (Wildman–Crippen MR) is 93.4 cm³/mol. The van der Waals surface area contributed by atoms with Gasteiger partial charge in [0.25, 0.3) is 5.91 Å². The van der Waals surface area contributed by atoms with Crippen LogP contribution in [0.5, 0.6) is 0 Å². The number of carbonyl (C=O) groups excluding carboxylic acids is 1. The molecule has 0 spiro atoms. The van der Waals surface area contributed by atoms with E-state index in [0.29, 0.717) is 9.90 Å². The lowest BCUT2D eigenvalue weighted by Crippen LogP contribution is -2.37. The lowest BCUT2D eigenvalue weighted by atomic mass is 10.2. The quantitative estimate of drug-likeness (QED) is 0.812. The van der Waals surface area contributed by atoms with Crippen LogP contribution in [-0.2, 0) is 16.6 Å². The number of amides is 1. The Morgan fingerprint density at radius 3 is 2.52 bits per heavy atom. The van der Waals surface area contributed by atoms with Gasteiger partial charge in [0.15, 0.2) is 0 Å². The molecule has 0 unspecified atom stereocenters. The smallest absolute Gasteiger partial charge is 0.261 e. The highest BCUT2D eigenvalue weighted by atomic mass is 35.5. The Hall–Kier alpha value is -1.41. The molecule has 0 radical (unpaired) electrons. The van der Waals surface area contributed by atoms with Gasteiger partial charge in [-0.15, -0.1) is 11.3 Å². The topological polar surface area (TPSA) is 66.5 Å². The van der Waals surface area contributed by atoms with Crippen molar-refractivity contribution in [3.63, 3.8) is 0 Å². The summed E-state index contributed by atoms with van der Waals surface area (Å²) in [5, 5.41) is 5.14. The Balaban J connectivity index is 1.94. The number of hydrogen-bond acceptors (Lipinski definition) is 4. The van der Waals surface area contributed by atoms with Gasteiger partial charge >= 0.3 is 0 Å². The fourth-order valence-corrected chi connectivity index (χ4v) is 3.52. The second kappa shape index (κ2) is 7.92. The number of halogens is 1. The molecule has 8 heteroatoms. The summed E-state index contributed by atoms with van der Waals surface area (Å²) in [4.78, 5) is 12.5. The van der Waals surface area contributed by atoms with Gasteiger partial charge in [-0.3, -0.25) is 4.79 Å². The molecule has 1 N–H and O–H groups in total. The van der Waals surface area contributed by atoms with E-state index < -0.39 is 10.0 Å². The molecule has 2 rings (SSSR count). The van der Waals surface area contributed by atoms with Crippen LogP contribution in [0.4, 0.5) is 0 Å². The van der Waals surface area contributed by atoms with Gasteiger partial charge in [-0.1, -0.05) is 29.8 Å². The van der Waals surface area contributed by atoms with Crippen LogP contribution in [-0.4, -0.2) is 38.0 Å². The number of carbonyl (C=O) groups is 1. The molecule has 0 saturated heterocycles. The Labute approximate surface area is 144 Å². The first-order valence-corrected chi connectivity index (χ1v) is 9.98. The summed E-state index contributed by atoms with van der Waals surface area (Å²) in [7, 11) is -3.37. The van der Waals surface area contributed by atoms with Crippen molar-refractivity contribution in [1.82, 2.24) is 9.62 Å². The minimum atomic E-state index is -3.37. The summed E-state index contributed by atoms with van der Waals surface area (Å²) < 4.78 is 25.1. The summed E-state index contributed by atoms with van der Waals surface area (Å²) in [6.45, 7) is 0.695. The van der Waals surface area contributed by atoms with Crippen molar-refractivity contribution in [2.24, 2.45) is 0 Å². The van der Waals surface area contributed by atoms with Gasteiger partial charge in [0.2, 0.25) is 10.0 Å². The maximum Gasteiger partial charge on any atom is 0.261 e. The lowest BCUT2D eigenvalue weighted by molar-refractivity contribution is 0.0955. The number of sulfonamides is 1. The number of hydrogen-bond donors (Lipinski definition) is 1. The first kappa shape index (κ1) is 17.9. The van der Waals surface area contributed by atoms with Crippen molar-refractivity contribution in [3.8, 4) is 0 Å². The van der Waals surface area contributed by atoms with E-state index in [1.54, 1.807) is 36.4 Å². The van der Waals surface area contributed by atoms with Gasteiger partial charge in [0, 0.05) is 24.7 Å². The van der Waals surface area contributed by atoms with Crippen molar-refractivity contribution in [1.29, 1.82) is 0 Å². The summed E-state index contributed by atoms with van der Waals surface area (Å²) in [5.41, 5.74) is 0.837. The Morgan fingerprint density at radius 1 is 1.26 bits per heavy atom. The van der Waals surface area contributed by atoms with E-state index in [2.05, 4.69) is 5.32 Å².